The maximum atomic E-state index is 5.47. The topological polar surface area (TPSA) is 60.0 Å². The van der Waals surface area contributed by atoms with E-state index in [0.29, 0.717) is 6.54 Å². The van der Waals surface area contributed by atoms with E-state index in [1.807, 2.05) is 17.8 Å². The second kappa shape index (κ2) is 6.40. The number of hydrogen-bond donors (Lipinski definition) is 1. The molecular weight excluding hydrogens is 202 g/mol. The molecule has 0 aliphatic heterocycles. The van der Waals surface area contributed by atoms with Crippen molar-refractivity contribution >= 4 is 0 Å². The van der Waals surface area contributed by atoms with Gasteiger partial charge in [-0.15, -0.1) is 5.10 Å². The molecule has 0 fully saturated rings. The van der Waals surface area contributed by atoms with Gasteiger partial charge in [-0.1, -0.05) is 24.3 Å². The molecule has 5 heteroatoms. The van der Waals surface area contributed by atoms with Crippen molar-refractivity contribution in [1.82, 2.24) is 19.9 Å². The summed E-state index contributed by atoms with van der Waals surface area (Å²) in [5.74, 6) is 0. The normalized spacial score (nSPS) is 11.0. The molecule has 0 aromatic carbocycles. The van der Waals surface area contributed by atoms with E-state index < -0.39 is 0 Å². The number of nitrogens with two attached hydrogens (primary N) is 1. The summed E-state index contributed by atoms with van der Waals surface area (Å²) in [6, 6.07) is 0. The number of rotatable bonds is 7. The molecule has 0 aliphatic rings. The van der Waals surface area contributed by atoms with Crippen molar-refractivity contribution in [2.45, 2.75) is 26.9 Å². The number of nitrogens with zero attached hydrogens (tertiary/aromatic N) is 4. The highest BCUT2D eigenvalue weighted by molar-refractivity contribution is 4.92. The van der Waals surface area contributed by atoms with Crippen LogP contribution in [0.4, 0.5) is 0 Å². The van der Waals surface area contributed by atoms with Gasteiger partial charge in [-0.05, 0) is 13.5 Å². The Bertz CT molecular complexity index is 331. The van der Waals surface area contributed by atoms with Crippen LogP contribution in [0.15, 0.2) is 18.3 Å². The van der Waals surface area contributed by atoms with Gasteiger partial charge in [-0.2, -0.15) is 0 Å². The molecule has 0 aliphatic carbocycles. The molecule has 0 radical (unpaired) electrons. The van der Waals surface area contributed by atoms with Gasteiger partial charge in [0.05, 0.1) is 12.2 Å². The van der Waals surface area contributed by atoms with E-state index in [2.05, 4.69) is 28.7 Å². The third kappa shape index (κ3) is 4.12. The summed E-state index contributed by atoms with van der Waals surface area (Å²) < 4.78 is 1.84. The highest BCUT2D eigenvalue weighted by Crippen LogP contribution is 1.97. The van der Waals surface area contributed by atoms with Crippen LogP contribution in [0, 0.1) is 0 Å². The van der Waals surface area contributed by atoms with Crippen molar-refractivity contribution in [3.8, 4) is 0 Å². The van der Waals surface area contributed by atoms with Crippen LogP contribution in [-0.2, 0) is 13.1 Å². The molecule has 5 nitrogen and oxygen atoms in total. The van der Waals surface area contributed by atoms with E-state index in [1.165, 1.54) is 5.57 Å². The van der Waals surface area contributed by atoms with Crippen LogP contribution in [-0.4, -0.2) is 39.5 Å². The van der Waals surface area contributed by atoms with Gasteiger partial charge in [0.2, 0.25) is 0 Å². The van der Waals surface area contributed by atoms with E-state index in [-0.39, 0.29) is 0 Å². The van der Waals surface area contributed by atoms with Crippen molar-refractivity contribution in [3.05, 3.63) is 24.0 Å². The first-order valence-electron chi connectivity index (χ1n) is 5.61. The van der Waals surface area contributed by atoms with Gasteiger partial charge in [-0.3, -0.25) is 9.58 Å². The Kier molecular flexibility index (Phi) is 5.14. The molecule has 0 saturated carbocycles. The molecule has 16 heavy (non-hydrogen) atoms. The van der Waals surface area contributed by atoms with Gasteiger partial charge in [0.25, 0.3) is 0 Å². The fourth-order valence-corrected chi connectivity index (χ4v) is 1.52. The molecular formula is C11H21N5. The lowest BCUT2D eigenvalue weighted by atomic mass is 10.3. The van der Waals surface area contributed by atoms with E-state index in [4.69, 9.17) is 5.73 Å². The summed E-state index contributed by atoms with van der Waals surface area (Å²) in [6.45, 7) is 12.3. The van der Waals surface area contributed by atoms with Crippen LogP contribution in [0.1, 0.15) is 19.5 Å². The molecule has 1 rings (SSSR count). The highest BCUT2D eigenvalue weighted by atomic mass is 15.4. The van der Waals surface area contributed by atoms with Crippen LogP contribution < -0.4 is 5.73 Å². The molecule has 1 aromatic rings. The summed E-state index contributed by atoms with van der Waals surface area (Å²) in [6.07, 6.45) is 1.90. The van der Waals surface area contributed by atoms with Crippen LogP contribution in [0.3, 0.4) is 0 Å². The van der Waals surface area contributed by atoms with E-state index in [1.54, 1.807) is 0 Å². The zero-order chi connectivity index (χ0) is 12.0. The van der Waals surface area contributed by atoms with Crippen molar-refractivity contribution in [2.24, 2.45) is 5.73 Å². The van der Waals surface area contributed by atoms with E-state index in [9.17, 15) is 0 Å². The summed E-state index contributed by atoms with van der Waals surface area (Å²) in [5, 5.41) is 7.96. The second-order valence-electron chi connectivity index (χ2n) is 4.00. The molecule has 2 N–H and O–H groups in total. The minimum atomic E-state index is 0.448. The predicted octanol–water partition coefficient (Wildman–Crippen LogP) is 0.635. The Morgan fingerprint density at radius 3 is 2.88 bits per heavy atom. The van der Waals surface area contributed by atoms with E-state index >= 15 is 0 Å². The molecule has 90 valence electrons. The van der Waals surface area contributed by atoms with Gasteiger partial charge < -0.3 is 5.73 Å². The third-order valence-electron chi connectivity index (χ3n) is 2.38. The summed E-state index contributed by atoms with van der Waals surface area (Å²) in [7, 11) is 0. The molecule has 0 bridgehead atoms. The van der Waals surface area contributed by atoms with Crippen molar-refractivity contribution in [2.75, 3.05) is 19.6 Å². The number of aromatic nitrogens is 3. The molecule has 0 atom stereocenters. The molecule has 0 spiro atoms. The minimum absolute atomic E-state index is 0.448. The lowest BCUT2D eigenvalue weighted by Crippen LogP contribution is -2.29. The van der Waals surface area contributed by atoms with Gasteiger partial charge in [0.1, 0.15) is 0 Å². The molecule has 0 amide bonds. The first-order valence-corrected chi connectivity index (χ1v) is 5.61. The van der Waals surface area contributed by atoms with Gasteiger partial charge in [0.15, 0.2) is 0 Å². The first-order chi connectivity index (χ1) is 7.65. The zero-order valence-electron chi connectivity index (χ0n) is 10.2. The lowest BCUT2D eigenvalue weighted by Gasteiger charge is -2.19. The smallest absolute Gasteiger partial charge is 0.0962 e. The standard InChI is InChI=1S/C11H21N5/c1-4-15(8-10(2)3)5-6-16-9-11(7-12)13-14-16/h9H,2,4-8,12H2,1,3H3. The Hall–Kier alpha value is -1.20. The Labute approximate surface area is 96.9 Å². The first kappa shape index (κ1) is 12.9. The third-order valence-corrected chi connectivity index (χ3v) is 2.38. The van der Waals surface area contributed by atoms with Crippen LogP contribution in [0.2, 0.25) is 0 Å². The molecule has 0 saturated heterocycles. The van der Waals surface area contributed by atoms with Crippen molar-refractivity contribution in [1.29, 1.82) is 0 Å². The van der Waals surface area contributed by atoms with E-state index in [0.717, 1.165) is 31.9 Å². The van der Waals surface area contributed by atoms with Gasteiger partial charge in [0, 0.05) is 25.8 Å². The zero-order valence-corrected chi connectivity index (χ0v) is 10.2. The fourth-order valence-electron chi connectivity index (χ4n) is 1.52. The quantitative estimate of drug-likeness (QED) is 0.689. The van der Waals surface area contributed by atoms with Gasteiger partial charge >= 0.3 is 0 Å². The van der Waals surface area contributed by atoms with Crippen LogP contribution >= 0.6 is 0 Å². The minimum Gasteiger partial charge on any atom is -0.325 e. The summed E-state index contributed by atoms with van der Waals surface area (Å²) >= 11 is 0. The SMILES string of the molecule is C=C(C)CN(CC)CCn1cc(CN)nn1. The van der Waals surface area contributed by atoms with Crippen molar-refractivity contribution in [3.63, 3.8) is 0 Å². The average Bonchev–Trinajstić information content (AvgIpc) is 2.71. The summed E-state index contributed by atoms with van der Waals surface area (Å²) in [5.41, 5.74) is 7.49. The maximum absolute atomic E-state index is 5.47. The number of likely N-dealkylation sites (N-methyl/N-ethyl adjacent to an activating group) is 1. The van der Waals surface area contributed by atoms with Crippen LogP contribution in [0.5, 0.6) is 0 Å². The van der Waals surface area contributed by atoms with Crippen molar-refractivity contribution < 1.29 is 0 Å². The largest absolute Gasteiger partial charge is 0.325 e. The Morgan fingerprint density at radius 1 is 1.62 bits per heavy atom. The van der Waals surface area contributed by atoms with Gasteiger partial charge in [-0.25, -0.2) is 0 Å². The Morgan fingerprint density at radius 2 is 2.38 bits per heavy atom. The molecule has 1 aromatic heterocycles. The summed E-state index contributed by atoms with van der Waals surface area (Å²) in [4.78, 5) is 2.33. The average molecular weight is 223 g/mol. The van der Waals surface area contributed by atoms with Crippen LogP contribution in [0.25, 0.3) is 0 Å². The monoisotopic (exact) mass is 223 g/mol. The Balaban J connectivity index is 2.39. The molecule has 1 heterocycles. The highest BCUT2D eigenvalue weighted by Gasteiger charge is 2.04. The maximum Gasteiger partial charge on any atom is 0.0962 e. The number of hydrogen-bond acceptors (Lipinski definition) is 4. The predicted molar refractivity (Wildman–Crippen MR) is 64.8 cm³/mol. The molecule has 0 unspecified atom stereocenters. The fraction of sp³-hybridized carbons (Fsp3) is 0.636. The lowest BCUT2D eigenvalue weighted by molar-refractivity contribution is 0.291. The second-order valence-corrected chi connectivity index (χ2v) is 4.00.